The second-order valence-electron chi connectivity index (χ2n) is 7.64. The lowest BCUT2D eigenvalue weighted by Gasteiger charge is -2.41. The molecule has 5 atom stereocenters. The number of rotatable bonds is 0. The first-order valence-corrected chi connectivity index (χ1v) is 6.97. The molecule has 3 aliphatic rings. The predicted octanol–water partition coefficient (Wildman–Crippen LogP) is 2.79. The van der Waals surface area contributed by atoms with Gasteiger partial charge in [-0.2, -0.15) is 0 Å². The lowest BCUT2D eigenvalue weighted by Crippen LogP contribution is -2.45. The number of ketones is 1. The summed E-state index contributed by atoms with van der Waals surface area (Å²) < 4.78 is 0. The number of hydrogen-bond donors (Lipinski definition) is 1. The third-order valence-electron chi connectivity index (χ3n) is 6.74. The minimum Gasteiger partial charge on any atom is -0.393 e. The predicted molar refractivity (Wildman–Crippen MR) is 66.5 cm³/mol. The van der Waals surface area contributed by atoms with Gasteiger partial charge in [0, 0.05) is 16.7 Å². The Bertz CT molecular complexity index is 386. The molecule has 0 aliphatic heterocycles. The van der Waals surface area contributed by atoms with Gasteiger partial charge in [-0.05, 0) is 37.0 Å². The summed E-state index contributed by atoms with van der Waals surface area (Å²) >= 11 is 0. The van der Waals surface area contributed by atoms with Crippen molar-refractivity contribution in [3.05, 3.63) is 0 Å². The number of carbonyl (C=O) groups is 1. The van der Waals surface area contributed by atoms with E-state index in [0.29, 0.717) is 11.7 Å². The smallest absolute Gasteiger partial charge is 0.143 e. The molecular formula is C15H24O2. The topological polar surface area (TPSA) is 37.3 Å². The van der Waals surface area contributed by atoms with Gasteiger partial charge in [0.2, 0.25) is 0 Å². The van der Waals surface area contributed by atoms with E-state index in [4.69, 9.17) is 0 Å². The molecule has 0 aromatic heterocycles. The molecular weight excluding hydrogens is 212 g/mol. The highest BCUT2D eigenvalue weighted by Crippen LogP contribution is 2.72. The van der Waals surface area contributed by atoms with E-state index in [0.717, 1.165) is 25.7 Å². The molecule has 0 heterocycles. The van der Waals surface area contributed by atoms with Crippen LogP contribution in [0.15, 0.2) is 0 Å². The Kier molecular flexibility index (Phi) is 2.04. The van der Waals surface area contributed by atoms with Crippen molar-refractivity contribution in [2.45, 2.75) is 59.5 Å². The summed E-state index contributed by atoms with van der Waals surface area (Å²) in [5.74, 6) is 1.04. The largest absolute Gasteiger partial charge is 0.393 e. The third-order valence-corrected chi connectivity index (χ3v) is 6.74. The quantitative estimate of drug-likeness (QED) is 0.702. The van der Waals surface area contributed by atoms with Crippen LogP contribution in [0.5, 0.6) is 0 Å². The van der Waals surface area contributed by atoms with E-state index in [1.165, 1.54) is 0 Å². The first-order chi connectivity index (χ1) is 7.75. The van der Waals surface area contributed by atoms with Crippen molar-refractivity contribution < 1.29 is 9.90 Å². The Labute approximate surface area is 104 Å². The van der Waals surface area contributed by atoms with Gasteiger partial charge in [0.25, 0.3) is 0 Å². The Hall–Kier alpha value is -0.370. The van der Waals surface area contributed by atoms with E-state index in [1.54, 1.807) is 0 Å². The van der Waals surface area contributed by atoms with Crippen molar-refractivity contribution in [2.24, 2.45) is 28.1 Å². The molecule has 3 saturated carbocycles. The third kappa shape index (κ3) is 1.05. The Morgan fingerprint density at radius 1 is 1.12 bits per heavy atom. The van der Waals surface area contributed by atoms with E-state index < -0.39 is 0 Å². The van der Waals surface area contributed by atoms with Crippen LogP contribution in [0.3, 0.4) is 0 Å². The van der Waals surface area contributed by atoms with Crippen LogP contribution in [0, 0.1) is 28.1 Å². The van der Waals surface area contributed by atoms with Crippen molar-refractivity contribution in [3.8, 4) is 0 Å². The molecule has 1 N–H and O–H groups in total. The average Bonchev–Trinajstić information content (AvgIpc) is 2.57. The van der Waals surface area contributed by atoms with E-state index in [9.17, 15) is 9.90 Å². The maximum Gasteiger partial charge on any atom is 0.143 e. The molecule has 96 valence electrons. The molecule has 3 aliphatic carbocycles. The Morgan fingerprint density at radius 2 is 1.76 bits per heavy atom. The molecule has 0 unspecified atom stereocenters. The number of carbonyl (C=O) groups excluding carboxylic acids is 1. The zero-order valence-electron chi connectivity index (χ0n) is 11.4. The van der Waals surface area contributed by atoms with Crippen molar-refractivity contribution in [2.75, 3.05) is 0 Å². The highest BCUT2D eigenvalue weighted by Gasteiger charge is 2.73. The van der Waals surface area contributed by atoms with E-state index in [-0.39, 0.29) is 28.3 Å². The minimum absolute atomic E-state index is 0.0681. The zero-order valence-corrected chi connectivity index (χ0v) is 11.4. The van der Waals surface area contributed by atoms with Crippen molar-refractivity contribution >= 4 is 5.78 Å². The van der Waals surface area contributed by atoms with Crippen LogP contribution < -0.4 is 0 Å². The van der Waals surface area contributed by atoms with E-state index in [2.05, 4.69) is 27.7 Å². The number of aliphatic hydroxyl groups excluding tert-OH is 1. The zero-order chi connectivity index (χ0) is 12.6. The van der Waals surface area contributed by atoms with Gasteiger partial charge in [-0.15, -0.1) is 0 Å². The summed E-state index contributed by atoms with van der Waals surface area (Å²) in [6.07, 6.45) is 3.66. The molecule has 2 heteroatoms. The fourth-order valence-corrected chi connectivity index (χ4v) is 5.33. The van der Waals surface area contributed by atoms with Crippen molar-refractivity contribution in [1.29, 1.82) is 0 Å². The molecule has 3 fully saturated rings. The summed E-state index contributed by atoms with van der Waals surface area (Å²) in [6.45, 7) is 8.73. The van der Waals surface area contributed by atoms with Crippen LogP contribution in [-0.4, -0.2) is 17.0 Å². The van der Waals surface area contributed by atoms with Crippen LogP contribution in [0.4, 0.5) is 0 Å². The first kappa shape index (κ1) is 11.7. The van der Waals surface area contributed by atoms with Gasteiger partial charge in [-0.25, -0.2) is 0 Å². The fourth-order valence-electron chi connectivity index (χ4n) is 5.33. The van der Waals surface area contributed by atoms with Crippen molar-refractivity contribution in [1.82, 2.24) is 0 Å². The molecule has 2 nitrogen and oxygen atoms in total. The molecule has 0 radical (unpaired) electrons. The standard InChI is InChI=1S/C15H24O2/c1-13(2)7-6-10(16)15(4)9-5-8-14(15,3)12(17)11(9)13/h9-11,16H,5-8H2,1-4H3/t9-,10-,11-,14+,15-/m0/s1. The lowest BCUT2D eigenvalue weighted by molar-refractivity contribution is -0.139. The van der Waals surface area contributed by atoms with Crippen molar-refractivity contribution in [3.63, 3.8) is 0 Å². The Morgan fingerprint density at radius 3 is 2.41 bits per heavy atom. The molecule has 0 spiro atoms. The van der Waals surface area contributed by atoms with Gasteiger partial charge < -0.3 is 5.11 Å². The summed E-state index contributed by atoms with van der Waals surface area (Å²) in [4.78, 5) is 12.8. The molecule has 0 amide bonds. The normalized spacial score (nSPS) is 56.1. The van der Waals surface area contributed by atoms with Crippen LogP contribution in [0.25, 0.3) is 0 Å². The Balaban J connectivity index is 2.20. The van der Waals surface area contributed by atoms with Gasteiger partial charge in [-0.1, -0.05) is 27.7 Å². The molecule has 4 bridgehead atoms. The summed E-state index contributed by atoms with van der Waals surface area (Å²) in [6, 6.07) is 0. The molecule has 0 aromatic rings. The highest BCUT2D eigenvalue weighted by molar-refractivity contribution is 5.92. The molecule has 0 aromatic carbocycles. The van der Waals surface area contributed by atoms with Gasteiger partial charge >= 0.3 is 0 Å². The second-order valence-corrected chi connectivity index (χ2v) is 7.64. The molecule has 0 saturated heterocycles. The fraction of sp³-hybridized carbons (Fsp3) is 0.933. The van der Waals surface area contributed by atoms with Gasteiger partial charge in [-0.3, -0.25) is 4.79 Å². The number of aliphatic hydroxyl groups is 1. The van der Waals surface area contributed by atoms with Crippen LogP contribution in [-0.2, 0) is 4.79 Å². The lowest BCUT2D eigenvalue weighted by atomic mass is 9.63. The maximum atomic E-state index is 12.8. The summed E-state index contributed by atoms with van der Waals surface area (Å²) in [7, 11) is 0. The summed E-state index contributed by atoms with van der Waals surface area (Å²) in [5.41, 5.74) is -0.360. The van der Waals surface area contributed by atoms with Crippen LogP contribution >= 0.6 is 0 Å². The highest BCUT2D eigenvalue weighted by atomic mass is 16.3. The number of Topliss-reactive ketones (excluding diaryl/α,β-unsaturated/α-hetero) is 1. The molecule has 17 heavy (non-hydrogen) atoms. The average molecular weight is 236 g/mol. The van der Waals surface area contributed by atoms with Gasteiger partial charge in [0.15, 0.2) is 0 Å². The molecule has 3 rings (SSSR count). The monoisotopic (exact) mass is 236 g/mol. The number of hydrogen-bond acceptors (Lipinski definition) is 2. The first-order valence-electron chi connectivity index (χ1n) is 6.97. The summed E-state index contributed by atoms with van der Waals surface area (Å²) in [5, 5.41) is 10.6. The van der Waals surface area contributed by atoms with Gasteiger partial charge in [0.05, 0.1) is 6.10 Å². The minimum atomic E-state index is -0.296. The van der Waals surface area contributed by atoms with E-state index in [1.807, 2.05) is 0 Å². The van der Waals surface area contributed by atoms with E-state index >= 15 is 0 Å². The second kappa shape index (κ2) is 2.96. The van der Waals surface area contributed by atoms with Crippen LogP contribution in [0.1, 0.15) is 53.4 Å². The van der Waals surface area contributed by atoms with Gasteiger partial charge in [0.1, 0.15) is 5.78 Å². The van der Waals surface area contributed by atoms with Crippen LogP contribution in [0.2, 0.25) is 0 Å². The maximum absolute atomic E-state index is 12.8. The SMILES string of the molecule is CC1(C)CC[C@H](O)[C@]2(C)[C@H]3CC[C@]2(C)C(=O)[C@H]31.